The maximum absolute atomic E-state index is 13.0. The number of nitrogens with zero attached hydrogens (tertiary/aromatic N) is 1. The van der Waals surface area contributed by atoms with Crippen LogP contribution in [0.4, 0.5) is 4.39 Å². The first-order valence-electron chi connectivity index (χ1n) is 7.75. The molecule has 0 aliphatic rings. The van der Waals surface area contributed by atoms with E-state index < -0.39 is 18.0 Å². The third-order valence-corrected chi connectivity index (χ3v) is 4.37. The molecule has 0 radical (unpaired) electrons. The van der Waals surface area contributed by atoms with Gasteiger partial charge in [0.05, 0.1) is 12.8 Å². The number of hydrogen-bond acceptors (Lipinski definition) is 6. The van der Waals surface area contributed by atoms with Crippen molar-refractivity contribution in [1.82, 2.24) is 10.3 Å². The molecule has 2 aromatic heterocycles. The monoisotopic (exact) mass is 374 g/mol. The Hall–Kier alpha value is -3.00. The number of esters is 1. The van der Waals surface area contributed by atoms with Crippen molar-refractivity contribution in [3.63, 3.8) is 0 Å². The van der Waals surface area contributed by atoms with Gasteiger partial charge in [-0.1, -0.05) is 0 Å². The summed E-state index contributed by atoms with van der Waals surface area (Å²) in [5, 5.41) is 4.71. The van der Waals surface area contributed by atoms with Gasteiger partial charge in [0, 0.05) is 10.9 Å². The number of benzene rings is 1. The molecule has 8 heteroatoms. The predicted molar refractivity (Wildman–Crippen MR) is 92.9 cm³/mol. The summed E-state index contributed by atoms with van der Waals surface area (Å²) in [6.07, 6.45) is 0.528. The van der Waals surface area contributed by atoms with Gasteiger partial charge in [-0.05, 0) is 43.3 Å². The zero-order valence-electron chi connectivity index (χ0n) is 13.8. The Kier molecular flexibility index (Phi) is 5.43. The molecule has 0 fully saturated rings. The molecule has 134 valence electrons. The number of furan rings is 1. The highest BCUT2D eigenvalue weighted by Gasteiger charge is 2.21. The van der Waals surface area contributed by atoms with Crippen LogP contribution in [-0.2, 0) is 16.1 Å². The molecular weight excluding hydrogens is 359 g/mol. The predicted octanol–water partition coefficient (Wildman–Crippen LogP) is 3.40. The minimum absolute atomic E-state index is 0.0972. The van der Waals surface area contributed by atoms with Gasteiger partial charge >= 0.3 is 5.97 Å². The van der Waals surface area contributed by atoms with E-state index >= 15 is 0 Å². The van der Waals surface area contributed by atoms with Gasteiger partial charge in [0.1, 0.15) is 16.6 Å². The molecule has 0 unspecified atom stereocenters. The van der Waals surface area contributed by atoms with Crippen molar-refractivity contribution in [3.8, 4) is 10.6 Å². The number of amides is 1. The summed E-state index contributed by atoms with van der Waals surface area (Å²) in [6.45, 7) is 1.68. The summed E-state index contributed by atoms with van der Waals surface area (Å²) in [4.78, 5) is 28.3. The third kappa shape index (κ3) is 4.34. The lowest BCUT2D eigenvalue weighted by Gasteiger charge is -2.12. The van der Waals surface area contributed by atoms with Crippen LogP contribution in [0.25, 0.3) is 10.6 Å². The van der Waals surface area contributed by atoms with Crippen molar-refractivity contribution in [3.05, 3.63) is 65.3 Å². The SMILES string of the molecule is C[C@H](OC(=O)c1csc(-c2ccc(F)cc2)n1)C(=O)NCc1ccco1. The Bertz CT molecular complexity index is 890. The molecule has 1 N–H and O–H groups in total. The maximum Gasteiger partial charge on any atom is 0.358 e. The second kappa shape index (κ2) is 7.92. The number of nitrogens with one attached hydrogen (secondary N) is 1. The molecule has 0 aliphatic carbocycles. The summed E-state index contributed by atoms with van der Waals surface area (Å²) in [7, 11) is 0. The first-order chi connectivity index (χ1) is 12.5. The molecule has 6 nitrogen and oxygen atoms in total. The minimum atomic E-state index is -0.978. The van der Waals surface area contributed by atoms with Crippen LogP contribution in [0.15, 0.2) is 52.5 Å². The van der Waals surface area contributed by atoms with Crippen molar-refractivity contribution in [2.24, 2.45) is 0 Å². The van der Waals surface area contributed by atoms with E-state index in [1.165, 1.54) is 42.0 Å². The molecule has 3 rings (SSSR count). The van der Waals surface area contributed by atoms with Gasteiger partial charge in [-0.25, -0.2) is 14.2 Å². The van der Waals surface area contributed by atoms with E-state index in [1.54, 1.807) is 24.3 Å². The number of rotatable bonds is 6. The standard InChI is InChI=1S/C18H15FN2O4S/c1-11(16(22)20-9-14-3-2-8-24-14)25-18(23)15-10-26-17(21-15)12-4-6-13(19)7-5-12/h2-8,10-11H,9H2,1H3,(H,20,22)/t11-/m0/s1. The topological polar surface area (TPSA) is 81.4 Å². The van der Waals surface area contributed by atoms with Gasteiger partial charge in [0.15, 0.2) is 11.8 Å². The molecule has 0 saturated heterocycles. The number of hydrogen-bond donors (Lipinski definition) is 1. The number of carbonyl (C=O) groups is 2. The molecule has 0 bridgehead atoms. The second-order valence-corrected chi connectivity index (χ2v) is 6.25. The molecule has 26 heavy (non-hydrogen) atoms. The van der Waals surface area contributed by atoms with Crippen LogP contribution < -0.4 is 5.32 Å². The zero-order chi connectivity index (χ0) is 18.5. The van der Waals surface area contributed by atoms with E-state index in [9.17, 15) is 14.0 Å². The normalized spacial score (nSPS) is 11.8. The van der Waals surface area contributed by atoms with E-state index in [2.05, 4.69) is 10.3 Å². The summed E-state index contributed by atoms with van der Waals surface area (Å²) < 4.78 is 23.2. The van der Waals surface area contributed by atoms with Crippen molar-refractivity contribution < 1.29 is 23.1 Å². The van der Waals surface area contributed by atoms with Crippen molar-refractivity contribution in [1.29, 1.82) is 0 Å². The second-order valence-electron chi connectivity index (χ2n) is 5.39. The zero-order valence-corrected chi connectivity index (χ0v) is 14.6. The molecule has 2 heterocycles. The van der Waals surface area contributed by atoms with Crippen LogP contribution in [0, 0.1) is 5.82 Å². The number of halogens is 1. The van der Waals surface area contributed by atoms with Gasteiger partial charge in [0.25, 0.3) is 5.91 Å². The van der Waals surface area contributed by atoms with Crippen LogP contribution in [0.1, 0.15) is 23.2 Å². The molecule has 1 aromatic carbocycles. The summed E-state index contributed by atoms with van der Waals surface area (Å²) in [5.74, 6) is -0.890. The number of carbonyl (C=O) groups excluding carboxylic acids is 2. The van der Waals surface area contributed by atoms with Crippen molar-refractivity contribution in [2.45, 2.75) is 19.6 Å². The van der Waals surface area contributed by atoms with Crippen molar-refractivity contribution >= 4 is 23.2 Å². The van der Waals surface area contributed by atoms with Crippen LogP contribution >= 0.6 is 11.3 Å². The largest absolute Gasteiger partial charge is 0.467 e. The highest BCUT2D eigenvalue weighted by Crippen LogP contribution is 2.24. The van der Waals surface area contributed by atoms with E-state index in [0.29, 0.717) is 16.3 Å². The Labute approximate surface area is 152 Å². The van der Waals surface area contributed by atoms with Gasteiger partial charge in [0.2, 0.25) is 0 Å². The Balaban J connectivity index is 1.57. The Morgan fingerprint density at radius 2 is 2.08 bits per heavy atom. The lowest BCUT2D eigenvalue weighted by Crippen LogP contribution is -2.35. The smallest absolute Gasteiger partial charge is 0.358 e. The highest BCUT2D eigenvalue weighted by molar-refractivity contribution is 7.13. The molecular formula is C18H15FN2O4S. The molecule has 3 aromatic rings. The Morgan fingerprint density at radius 1 is 1.31 bits per heavy atom. The van der Waals surface area contributed by atoms with E-state index in [4.69, 9.17) is 9.15 Å². The summed E-state index contributed by atoms with van der Waals surface area (Å²) in [5.41, 5.74) is 0.791. The lowest BCUT2D eigenvalue weighted by atomic mass is 10.2. The summed E-state index contributed by atoms with van der Waals surface area (Å²) >= 11 is 1.23. The fourth-order valence-corrected chi connectivity index (χ4v) is 2.89. The lowest BCUT2D eigenvalue weighted by molar-refractivity contribution is -0.129. The summed E-state index contributed by atoms with van der Waals surface area (Å²) in [6, 6.07) is 9.23. The van der Waals surface area contributed by atoms with Crippen LogP contribution in [0.3, 0.4) is 0 Å². The van der Waals surface area contributed by atoms with Gasteiger partial charge in [-0.15, -0.1) is 11.3 Å². The number of thiazole rings is 1. The highest BCUT2D eigenvalue weighted by atomic mass is 32.1. The number of ether oxygens (including phenoxy) is 1. The molecule has 0 saturated carbocycles. The minimum Gasteiger partial charge on any atom is -0.467 e. The van der Waals surface area contributed by atoms with Gasteiger partial charge in [-0.2, -0.15) is 0 Å². The van der Waals surface area contributed by atoms with Crippen LogP contribution in [0.2, 0.25) is 0 Å². The first kappa shape index (κ1) is 17.8. The molecule has 0 aliphatic heterocycles. The quantitative estimate of drug-likeness (QED) is 0.669. The fraction of sp³-hybridized carbons (Fsp3) is 0.167. The van der Waals surface area contributed by atoms with Gasteiger partial charge in [-0.3, -0.25) is 4.79 Å². The maximum atomic E-state index is 13.0. The third-order valence-electron chi connectivity index (χ3n) is 3.47. The van der Waals surface area contributed by atoms with Crippen molar-refractivity contribution in [2.75, 3.05) is 0 Å². The van der Waals surface area contributed by atoms with Crippen LogP contribution in [0.5, 0.6) is 0 Å². The van der Waals surface area contributed by atoms with E-state index in [1.807, 2.05) is 0 Å². The molecule has 0 spiro atoms. The van der Waals surface area contributed by atoms with E-state index in [0.717, 1.165) is 0 Å². The van der Waals surface area contributed by atoms with Crippen LogP contribution in [-0.4, -0.2) is 23.0 Å². The Morgan fingerprint density at radius 3 is 2.77 bits per heavy atom. The molecule has 1 amide bonds. The van der Waals surface area contributed by atoms with Gasteiger partial charge < -0.3 is 14.5 Å². The first-order valence-corrected chi connectivity index (χ1v) is 8.63. The molecule has 1 atom stereocenters. The number of aromatic nitrogens is 1. The average Bonchev–Trinajstić information content (AvgIpc) is 3.32. The average molecular weight is 374 g/mol. The van der Waals surface area contributed by atoms with E-state index in [-0.39, 0.29) is 18.1 Å². The fourth-order valence-electron chi connectivity index (χ4n) is 2.10.